The minimum absolute atomic E-state index is 0.0577. The predicted octanol–water partition coefficient (Wildman–Crippen LogP) is 3.83. The van der Waals surface area contributed by atoms with E-state index in [1.165, 1.54) is 11.3 Å². The van der Waals surface area contributed by atoms with Gasteiger partial charge in [-0.1, -0.05) is 30.3 Å². The van der Waals surface area contributed by atoms with Crippen LogP contribution in [0, 0.1) is 0 Å². The first-order valence-corrected chi connectivity index (χ1v) is 9.91. The van der Waals surface area contributed by atoms with E-state index in [-0.39, 0.29) is 25.0 Å². The van der Waals surface area contributed by atoms with E-state index < -0.39 is 5.97 Å². The van der Waals surface area contributed by atoms with Crippen molar-refractivity contribution in [3.63, 3.8) is 0 Å². The highest BCUT2D eigenvalue weighted by atomic mass is 32.1. The molecule has 26 heavy (non-hydrogen) atoms. The van der Waals surface area contributed by atoms with Crippen molar-refractivity contribution in [2.45, 2.75) is 19.4 Å². The molecule has 0 fully saturated rings. The van der Waals surface area contributed by atoms with Crippen molar-refractivity contribution >= 4 is 34.6 Å². The minimum atomic E-state index is -0.463. The third-order valence-corrected chi connectivity index (χ3v) is 5.31. The van der Waals surface area contributed by atoms with Gasteiger partial charge in [0.15, 0.2) is 6.61 Å². The van der Waals surface area contributed by atoms with Crippen LogP contribution in [-0.4, -0.2) is 23.5 Å². The highest BCUT2D eigenvalue weighted by molar-refractivity contribution is 7.14. The number of ether oxygens (including phenoxy) is 1. The Kier molecular flexibility index (Phi) is 6.14. The first-order chi connectivity index (χ1) is 12.6. The molecule has 0 saturated heterocycles. The van der Waals surface area contributed by atoms with Gasteiger partial charge in [0.2, 0.25) is 0 Å². The second kappa shape index (κ2) is 8.73. The van der Waals surface area contributed by atoms with Gasteiger partial charge in [-0.15, -0.1) is 11.3 Å². The number of thiophene rings is 1. The molecule has 0 saturated carbocycles. The number of nitrogens with zero attached hydrogens (tertiary/aromatic N) is 1. The van der Waals surface area contributed by atoms with Crippen molar-refractivity contribution in [3.8, 4) is 10.6 Å². The standard InChI is InChI=1S/C19H18N2O3S2/c1-13(14-5-3-2-4-6-14)20-17(22)10-24-18(23)9-16-12-26-19(21-16)15-7-8-25-11-15/h2-8,11-13H,9-10H2,1H3,(H,20,22). The van der Waals surface area contributed by atoms with Crippen LogP contribution in [0.1, 0.15) is 24.2 Å². The Balaban J connectivity index is 1.44. The summed E-state index contributed by atoms with van der Waals surface area (Å²) in [7, 11) is 0. The molecule has 0 spiro atoms. The van der Waals surface area contributed by atoms with E-state index in [2.05, 4.69) is 10.3 Å². The number of benzene rings is 1. The van der Waals surface area contributed by atoms with Crippen LogP contribution in [0.4, 0.5) is 0 Å². The molecule has 1 atom stereocenters. The molecule has 0 aliphatic heterocycles. The van der Waals surface area contributed by atoms with Crippen LogP contribution in [0.3, 0.4) is 0 Å². The molecule has 1 unspecified atom stereocenters. The van der Waals surface area contributed by atoms with Gasteiger partial charge in [0.1, 0.15) is 5.01 Å². The van der Waals surface area contributed by atoms with Gasteiger partial charge in [-0.3, -0.25) is 9.59 Å². The number of esters is 1. The fourth-order valence-electron chi connectivity index (χ4n) is 2.36. The molecule has 2 aromatic heterocycles. The first-order valence-electron chi connectivity index (χ1n) is 8.08. The van der Waals surface area contributed by atoms with E-state index in [1.807, 2.05) is 59.5 Å². The van der Waals surface area contributed by atoms with E-state index in [9.17, 15) is 9.59 Å². The third-order valence-electron chi connectivity index (χ3n) is 3.69. The highest BCUT2D eigenvalue weighted by Crippen LogP contribution is 2.25. The number of carbonyl (C=O) groups excluding carboxylic acids is 2. The zero-order valence-corrected chi connectivity index (χ0v) is 15.8. The lowest BCUT2D eigenvalue weighted by Gasteiger charge is -2.14. The minimum Gasteiger partial charge on any atom is -0.455 e. The molecule has 0 aliphatic carbocycles. The Labute approximate surface area is 159 Å². The molecule has 2 heterocycles. The predicted molar refractivity (Wildman–Crippen MR) is 103 cm³/mol. The number of nitrogens with one attached hydrogen (secondary N) is 1. The normalized spacial score (nSPS) is 11.7. The fraction of sp³-hybridized carbons (Fsp3) is 0.211. The maximum absolute atomic E-state index is 11.9. The number of thiazole rings is 1. The Hall–Kier alpha value is -2.51. The molecule has 0 aliphatic rings. The molecule has 1 aromatic carbocycles. The van der Waals surface area contributed by atoms with Gasteiger partial charge in [-0.2, -0.15) is 11.3 Å². The van der Waals surface area contributed by atoms with Gasteiger partial charge in [-0.05, 0) is 23.9 Å². The SMILES string of the molecule is CC(NC(=O)COC(=O)Cc1csc(-c2ccsc2)n1)c1ccccc1. The molecular weight excluding hydrogens is 368 g/mol. The number of rotatable bonds is 7. The quantitative estimate of drug-likeness (QED) is 0.627. The monoisotopic (exact) mass is 386 g/mol. The molecule has 134 valence electrons. The lowest BCUT2D eigenvalue weighted by molar-refractivity contribution is -0.148. The molecule has 1 N–H and O–H groups in total. The lowest BCUT2D eigenvalue weighted by atomic mass is 10.1. The molecule has 7 heteroatoms. The van der Waals surface area contributed by atoms with Gasteiger partial charge in [-0.25, -0.2) is 4.98 Å². The summed E-state index contributed by atoms with van der Waals surface area (Å²) in [6, 6.07) is 11.5. The van der Waals surface area contributed by atoms with E-state index >= 15 is 0 Å². The number of hydrogen-bond acceptors (Lipinski definition) is 6. The van der Waals surface area contributed by atoms with Crippen LogP contribution in [-0.2, 0) is 20.7 Å². The maximum Gasteiger partial charge on any atom is 0.312 e. The summed E-state index contributed by atoms with van der Waals surface area (Å²) in [4.78, 5) is 28.3. The largest absolute Gasteiger partial charge is 0.455 e. The second-order valence-electron chi connectivity index (χ2n) is 5.69. The summed E-state index contributed by atoms with van der Waals surface area (Å²) in [6.45, 7) is 1.59. The van der Waals surface area contributed by atoms with Gasteiger partial charge in [0.05, 0.1) is 18.2 Å². The van der Waals surface area contributed by atoms with Crippen molar-refractivity contribution in [2.75, 3.05) is 6.61 Å². The molecule has 5 nitrogen and oxygen atoms in total. The summed E-state index contributed by atoms with van der Waals surface area (Å²) >= 11 is 3.09. The Bertz CT molecular complexity index is 860. The van der Waals surface area contributed by atoms with Gasteiger partial charge in [0.25, 0.3) is 5.91 Å². The Morgan fingerprint density at radius 1 is 1.19 bits per heavy atom. The Morgan fingerprint density at radius 3 is 2.73 bits per heavy atom. The third kappa shape index (κ3) is 5.00. The van der Waals surface area contributed by atoms with Crippen LogP contribution in [0.25, 0.3) is 10.6 Å². The van der Waals surface area contributed by atoms with E-state index in [4.69, 9.17) is 4.74 Å². The topological polar surface area (TPSA) is 68.3 Å². The second-order valence-corrected chi connectivity index (χ2v) is 7.33. The lowest BCUT2D eigenvalue weighted by Crippen LogP contribution is -2.31. The van der Waals surface area contributed by atoms with Crippen molar-refractivity contribution in [1.29, 1.82) is 0 Å². The smallest absolute Gasteiger partial charge is 0.312 e. The van der Waals surface area contributed by atoms with Crippen molar-refractivity contribution in [1.82, 2.24) is 10.3 Å². The van der Waals surface area contributed by atoms with Crippen molar-refractivity contribution < 1.29 is 14.3 Å². The van der Waals surface area contributed by atoms with Crippen molar-refractivity contribution in [2.24, 2.45) is 0 Å². The molecule has 0 bridgehead atoms. The summed E-state index contributed by atoms with van der Waals surface area (Å²) in [5.41, 5.74) is 2.70. The summed E-state index contributed by atoms with van der Waals surface area (Å²) < 4.78 is 5.06. The van der Waals surface area contributed by atoms with Crippen LogP contribution < -0.4 is 5.32 Å². The summed E-state index contributed by atoms with van der Waals surface area (Å²) in [5, 5.41) is 9.53. The molecular formula is C19H18N2O3S2. The van der Waals surface area contributed by atoms with E-state index in [1.54, 1.807) is 11.3 Å². The average Bonchev–Trinajstić information content (AvgIpc) is 3.32. The Morgan fingerprint density at radius 2 is 2.00 bits per heavy atom. The average molecular weight is 386 g/mol. The van der Waals surface area contributed by atoms with Gasteiger partial charge >= 0.3 is 5.97 Å². The number of hydrogen-bond donors (Lipinski definition) is 1. The van der Waals surface area contributed by atoms with Crippen LogP contribution in [0.2, 0.25) is 0 Å². The van der Waals surface area contributed by atoms with Crippen LogP contribution in [0.5, 0.6) is 0 Å². The first kappa shape index (κ1) is 18.3. The summed E-state index contributed by atoms with van der Waals surface area (Å²) in [5.74, 6) is -0.790. The maximum atomic E-state index is 11.9. The number of amides is 1. The van der Waals surface area contributed by atoms with Gasteiger partial charge < -0.3 is 10.1 Å². The summed E-state index contributed by atoms with van der Waals surface area (Å²) in [6.07, 6.45) is 0.0577. The zero-order chi connectivity index (χ0) is 18.4. The zero-order valence-electron chi connectivity index (χ0n) is 14.2. The van der Waals surface area contributed by atoms with Crippen molar-refractivity contribution in [3.05, 3.63) is 63.8 Å². The van der Waals surface area contributed by atoms with Crippen LogP contribution >= 0.6 is 22.7 Å². The number of carbonyl (C=O) groups is 2. The van der Waals surface area contributed by atoms with E-state index in [0.29, 0.717) is 5.69 Å². The molecule has 1 amide bonds. The molecule has 3 aromatic rings. The highest BCUT2D eigenvalue weighted by Gasteiger charge is 2.14. The van der Waals surface area contributed by atoms with Gasteiger partial charge in [0, 0.05) is 16.3 Å². The molecule has 0 radical (unpaired) electrons. The molecule has 3 rings (SSSR count). The van der Waals surface area contributed by atoms with Crippen LogP contribution in [0.15, 0.2) is 52.5 Å². The fourth-order valence-corrected chi connectivity index (χ4v) is 3.89. The number of aromatic nitrogens is 1. The van der Waals surface area contributed by atoms with E-state index in [0.717, 1.165) is 16.1 Å².